The number of hydrogen-bond acceptors (Lipinski definition) is 8. The molecule has 0 saturated heterocycles. The third kappa shape index (κ3) is 4.83. The number of nitrogens with zero attached hydrogens (tertiary/aromatic N) is 5. The van der Waals surface area contributed by atoms with Gasteiger partial charge in [-0.05, 0) is 17.5 Å². The molecule has 0 atom stereocenters. The largest absolute Gasteiger partial charge is 0.332 e. The predicted octanol–water partition coefficient (Wildman–Crippen LogP) is 2.96. The van der Waals surface area contributed by atoms with Gasteiger partial charge in [-0.1, -0.05) is 56.0 Å². The molecule has 0 spiro atoms. The first kappa shape index (κ1) is 23.1. The lowest BCUT2D eigenvalue weighted by molar-refractivity contribution is -0.113. The number of carbonyl (C=O) groups excluding carboxylic acids is 1. The summed E-state index contributed by atoms with van der Waals surface area (Å²) in [6.07, 6.45) is 0.553. The monoisotopic (exact) mass is 484 g/mol. The van der Waals surface area contributed by atoms with Crippen LogP contribution in [-0.4, -0.2) is 35.7 Å². The van der Waals surface area contributed by atoms with Crippen molar-refractivity contribution in [2.24, 2.45) is 19.5 Å². The molecule has 0 aliphatic carbocycles. The van der Waals surface area contributed by atoms with E-state index in [1.807, 2.05) is 24.3 Å². The van der Waals surface area contributed by atoms with Crippen molar-refractivity contribution in [1.82, 2.24) is 24.1 Å². The van der Waals surface area contributed by atoms with Gasteiger partial charge in [-0.25, -0.2) is 19.7 Å². The van der Waals surface area contributed by atoms with Crippen LogP contribution >= 0.6 is 23.1 Å². The van der Waals surface area contributed by atoms with E-state index in [0.717, 1.165) is 26.5 Å². The highest BCUT2D eigenvalue weighted by atomic mass is 32.2. The number of aromatic nitrogens is 5. The lowest BCUT2D eigenvalue weighted by Crippen LogP contribution is -2.38. The molecule has 33 heavy (non-hydrogen) atoms. The Balaban J connectivity index is 1.67. The molecular formula is C22H24N6O3S2. The Morgan fingerprint density at radius 1 is 1.09 bits per heavy atom. The molecule has 0 bridgehead atoms. The van der Waals surface area contributed by atoms with Crippen LogP contribution in [0.1, 0.15) is 26.6 Å². The minimum absolute atomic E-state index is 0.0307. The Kier molecular flexibility index (Phi) is 6.10. The summed E-state index contributed by atoms with van der Waals surface area (Å²) in [7, 11) is 2.99. The zero-order chi connectivity index (χ0) is 23.9. The van der Waals surface area contributed by atoms with Gasteiger partial charge in [-0.2, -0.15) is 0 Å². The summed E-state index contributed by atoms with van der Waals surface area (Å²) >= 11 is 2.54. The number of nitrogens with one attached hydrogen (secondary N) is 1. The SMILES string of the molecule is Cn1c(=O)c2c(SCC(=O)Nc3nc4ccccc4s3)nc(CC(C)(C)C)nc2n(C)c1=O. The fourth-order valence-electron chi connectivity index (χ4n) is 3.34. The quantitative estimate of drug-likeness (QED) is 0.342. The summed E-state index contributed by atoms with van der Waals surface area (Å²) in [4.78, 5) is 51.5. The van der Waals surface area contributed by atoms with Gasteiger partial charge < -0.3 is 5.32 Å². The third-order valence-corrected chi connectivity index (χ3v) is 6.81. The summed E-state index contributed by atoms with van der Waals surface area (Å²) in [5.74, 6) is 0.292. The second-order valence-corrected chi connectivity index (χ2v) is 10.9. The molecule has 0 aliphatic heterocycles. The lowest BCUT2D eigenvalue weighted by atomic mass is 9.92. The van der Waals surface area contributed by atoms with Gasteiger partial charge in [0, 0.05) is 20.5 Å². The summed E-state index contributed by atoms with van der Waals surface area (Å²) in [5, 5.41) is 3.95. The number of anilines is 1. The molecule has 172 valence electrons. The predicted molar refractivity (Wildman–Crippen MR) is 132 cm³/mol. The Hall–Kier alpha value is -3.05. The van der Waals surface area contributed by atoms with Crippen LogP contribution in [0, 0.1) is 5.41 Å². The van der Waals surface area contributed by atoms with Gasteiger partial charge in [0.1, 0.15) is 16.2 Å². The van der Waals surface area contributed by atoms with E-state index in [1.165, 1.54) is 23.0 Å². The van der Waals surface area contributed by atoms with Crippen molar-refractivity contribution < 1.29 is 4.79 Å². The first-order valence-electron chi connectivity index (χ1n) is 10.3. The van der Waals surface area contributed by atoms with Crippen molar-refractivity contribution in [2.75, 3.05) is 11.1 Å². The average molecular weight is 485 g/mol. The van der Waals surface area contributed by atoms with Gasteiger partial charge in [-0.3, -0.25) is 18.7 Å². The van der Waals surface area contributed by atoms with Crippen molar-refractivity contribution in [3.63, 3.8) is 0 Å². The van der Waals surface area contributed by atoms with Crippen LogP contribution in [-0.2, 0) is 25.3 Å². The topological polar surface area (TPSA) is 112 Å². The number of benzene rings is 1. The normalized spacial score (nSPS) is 11.9. The summed E-state index contributed by atoms with van der Waals surface area (Å²) in [6, 6.07) is 7.65. The molecular weight excluding hydrogens is 460 g/mol. The van der Waals surface area contributed by atoms with Crippen molar-refractivity contribution in [3.05, 3.63) is 50.9 Å². The molecule has 9 nitrogen and oxygen atoms in total. The molecule has 0 fully saturated rings. The van der Waals surface area contributed by atoms with E-state index in [4.69, 9.17) is 0 Å². The fraction of sp³-hybridized carbons (Fsp3) is 0.364. The van der Waals surface area contributed by atoms with Gasteiger partial charge >= 0.3 is 5.69 Å². The van der Waals surface area contributed by atoms with Crippen LogP contribution in [0.15, 0.2) is 38.9 Å². The van der Waals surface area contributed by atoms with Crippen LogP contribution in [0.2, 0.25) is 0 Å². The summed E-state index contributed by atoms with van der Waals surface area (Å²) in [5.41, 5.74) is 0.0511. The zero-order valence-corrected chi connectivity index (χ0v) is 20.6. The second-order valence-electron chi connectivity index (χ2n) is 8.91. The van der Waals surface area contributed by atoms with E-state index in [9.17, 15) is 14.4 Å². The highest BCUT2D eigenvalue weighted by Gasteiger charge is 2.21. The molecule has 1 amide bonds. The minimum atomic E-state index is -0.482. The molecule has 1 aromatic carbocycles. The van der Waals surface area contributed by atoms with Crippen LogP contribution in [0.5, 0.6) is 0 Å². The number of thioether (sulfide) groups is 1. The van der Waals surface area contributed by atoms with Crippen LogP contribution in [0.3, 0.4) is 0 Å². The number of rotatable bonds is 5. The molecule has 4 rings (SSSR count). The molecule has 0 saturated carbocycles. The second kappa shape index (κ2) is 8.71. The lowest BCUT2D eigenvalue weighted by Gasteiger charge is -2.18. The maximum absolute atomic E-state index is 12.9. The highest BCUT2D eigenvalue weighted by molar-refractivity contribution is 8.00. The molecule has 11 heteroatoms. The van der Waals surface area contributed by atoms with E-state index < -0.39 is 11.2 Å². The van der Waals surface area contributed by atoms with Crippen molar-refractivity contribution in [2.45, 2.75) is 32.2 Å². The number of carbonyl (C=O) groups is 1. The Morgan fingerprint density at radius 2 is 1.82 bits per heavy atom. The molecule has 0 aliphatic rings. The van der Waals surface area contributed by atoms with Crippen LogP contribution in [0.25, 0.3) is 21.3 Å². The number of para-hydroxylation sites is 1. The van der Waals surface area contributed by atoms with Gasteiger partial charge in [0.05, 0.1) is 16.0 Å². The van der Waals surface area contributed by atoms with Crippen LogP contribution < -0.4 is 16.6 Å². The molecule has 4 aromatic rings. The van der Waals surface area contributed by atoms with Gasteiger partial charge in [-0.15, -0.1) is 0 Å². The van der Waals surface area contributed by atoms with E-state index in [0.29, 0.717) is 22.4 Å². The van der Waals surface area contributed by atoms with E-state index in [1.54, 1.807) is 7.05 Å². The Morgan fingerprint density at radius 3 is 2.52 bits per heavy atom. The average Bonchev–Trinajstić information content (AvgIpc) is 3.15. The highest BCUT2D eigenvalue weighted by Crippen LogP contribution is 2.27. The third-order valence-electron chi connectivity index (χ3n) is 4.88. The number of hydrogen-bond donors (Lipinski definition) is 1. The maximum Gasteiger partial charge on any atom is 0.332 e. The number of aryl methyl sites for hydroxylation is 1. The molecule has 0 unspecified atom stereocenters. The van der Waals surface area contributed by atoms with E-state index in [-0.39, 0.29) is 28.1 Å². The van der Waals surface area contributed by atoms with Gasteiger partial charge in [0.2, 0.25) is 5.91 Å². The molecule has 1 N–H and O–H groups in total. The number of thiazole rings is 1. The van der Waals surface area contributed by atoms with Gasteiger partial charge in [0.25, 0.3) is 5.56 Å². The summed E-state index contributed by atoms with van der Waals surface area (Å²) < 4.78 is 3.36. The number of fused-ring (bicyclic) bond motifs is 2. The molecule has 0 radical (unpaired) electrons. The Labute approximate surface area is 197 Å². The minimum Gasteiger partial charge on any atom is -0.301 e. The summed E-state index contributed by atoms with van der Waals surface area (Å²) in [6.45, 7) is 6.17. The standard InChI is InChI=1S/C22H24N6O3S2/c1-22(2,3)10-14-24-17-16(19(30)28(5)21(31)27(17)4)18(25-14)32-11-15(29)26-20-23-12-8-6-7-9-13(12)33-20/h6-9H,10-11H2,1-5H3,(H,23,26,29). The fourth-order valence-corrected chi connectivity index (χ4v) is 5.06. The van der Waals surface area contributed by atoms with E-state index >= 15 is 0 Å². The first-order chi connectivity index (χ1) is 15.5. The number of amides is 1. The Bertz CT molecular complexity index is 1460. The van der Waals surface area contributed by atoms with Gasteiger partial charge in [0.15, 0.2) is 10.8 Å². The molecule has 3 heterocycles. The van der Waals surface area contributed by atoms with Crippen LogP contribution in [0.4, 0.5) is 5.13 Å². The zero-order valence-electron chi connectivity index (χ0n) is 19.0. The maximum atomic E-state index is 12.9. The van der Waals surface area contributed by atoms with Crippen molar-refractivity contribution in [1.29, 1.82) is 0 Å². The molecule has 3 aromatic heterocycles. The first-order valence-corrected chi connectivity index (χ1v) is 12.1. The van der Waals surface area contributed by atoms with E-state index in [2.05, 4.69) is 41.0 Å². The smallest absolute Gasteiger partial charge is 0.301 e. The van der Waals surface area contributed by atoms with Crippen molar-refractivity contribution >= 4 is 55.4 Å². The van der Waals surface area contributed by atoms with Crippen molar-refractivity contribution in [3.8, 4) is 0 Å².